The molecule has 2 rings (SSSR count). The van der Waals surface area contributed by atoms with Crippen LogP contribution in [-0.4, -0.2) is 43.1 Å². The van der Waals surface area contributed by atoms with Crippen LogP contribution in [0.1, 0.15) is 64.7 Å². The van der Waals surface area contributed by atoms with E-state index >= 15 is 0 Å². The number of aliphatic imine (C=N–C) groups is 1. The number of guanidine groups is 1. The molecule has 5 heteroatoms. The van der Waals surface area contributed by atoms with Gasteiger partial charge in [0.05, 0.1) is 0 Å². The van der Waals surface area contributed by atoms with Crippen molar-refractivity contribution in [2.75, 3.05) is 26.2 Å². The van der Waals surface area contributed by atoms with E-state index < -0.39 is 0 Å². The lowest BCUT2D eigenvalue weighted by molar-refractivity contribution is 0.190. The summed E-state index contributed by atoms with van der Waals surface area (Å²) in [5.41, 5.74) is 5.97. The van der Waals surface area contributed by atoms with Gasteiger partial charge < -0.3 is 16.0 Å². The third kappa shape index (κ3) is 7.99. The molecule has 0 radical (unpaired) electrons. The lowest BCUT2D eigenvalue weighted by atomic mass is 9.96. The first-order valence-electron chi connectivity index (χ1n) is 9.03. The van der Waals surface area contributed by atoms with Crippen LogP contribution in [0.15, 0.2) is 4.99 Å². The summed E-state index contributed by atoms with van der Waals surface area (Å²) in [6.07, 6.45) is 11.7. The van der Waals surface area contributed by atoms with Crippen molar-refractivity contribution >= 4 is 29.9 Å². The predicted octanol–water partition coefficient (Wildman–Crippen LogP) is 3.35. The molecule has 0 aromatic rings. The van der Waals surface area contributed by atoms with Crippen LogP contribution in [-0.2, 0) is 0 Å². The molecule has 0 spiro atoms. The molecule has 0 aromatic carbocycles. The number of halogens is 1. The van der Waals surface area contributed by atoms with Crippen molar-refractivity contribution in [3.8, 4) is 0 Å². The average Bonchev–Trinajstić information content (AvgIpc) is 2.50. The molecule has 0 amide bonds. The summed E-state index contributed by atoms with van der Waals surface area (Å²) < 4.78 is 0. The SMILES string of the molecule is CC1CCN(CCCCN=C(N)NC2CCCCC2)CC1.I. The van der Waals surface area contributed by atoms with Crippen molar-refractivity contribution in [2.24, 2.45) is 16.6 Å². The Morgan fingerprint density at radius 3 is 2.45 bits per heavy atom. The van der Waals surface area contributed by atoms with E-state index in [0.29, 0.717) is 12.0 Å². The molecule has 0 bridgehead atoms. The Labute approximate surface area is 153 Å². The molecule has 22 heavy (non-hydrogen) atoms. The number of hydrogen-bond donors (Lipinski definition) is 2. The molecule has 0 aromatic heterocycles. The zero-order chi connectivity index (χ0) is 14.9. The number of likely N-dealkylation sites (tertiary alicyclic amines) is 1. The van der Waals surface area contributed by atoms with E-state index in [-0.39, 0.29) is 24.0 Å². The van der Waals surface area contributed by atoms with Crippen LogP contribution in [0.3, 0.4) is 0 Å². The van der Waals surface area contributed by atoms with Crippen LogP contribution >= 0.6 is 24.0 Å². The molecule has 1 aliphatic carbocycles. The van der Waals surface area contributed by atoms with Gasteiger partial charge in [0.25, 0.3) is 0 Å². The quantitative estimate of drug-likeness (QED) is 0.299. The summed E-state index contributed by atoms with van der Waals surface area (Å²) in [5, 5.41) is 3.38. The Bertz CT molecular complexity index is 308. The molecular formula is C17H35IN4. The highest BCUT2D eigenvalue weighted by Gasteiger charge is 2.15. The molecule has 2 aliphatic rings. The first-order valence-corrected chi connectivity index (χ1v) is 9.03. The fourth-order valence-corrected chi connectivity index (χ4v) is 3.43. The van der Waals surface area contributed by atoms with Gasteiger partial charge in [-0.05, 0) is 64.1 Å². The van der Waals surface area contributed by atoms with Crippen LogP contribution in [0.25, 0.3) is 0 Å². The number of piperidine rings is 1. The van der Waals surface area contributed by atoms with Crippen LogP contribution < -0.4 is 11.1 Å². The summed E-state index contributed by atoms with van der Waals surface area (Å²) >= 11 is 0. The molecule has 3 N–H and O–H groups in total. The normalized spacial score (nSPS) is 22.3. The van der Waals surface area contributed by atoms with Crippen molar-refractivity contribution in [1.29, 1.82) is 0 Å². The smallest absolute Gasteiger partial charge is 0.188 e. The van der Waals surface area contributed by atoms with Crippen molar-refractivity contribution in [2.45, 2.75) is 70.8 Å². The molecule has 1 aliphatic heterocycles. The average molecular weight is 422 g/mol. The Hall–Kier alpha value is -0.0400. The van der Waals surface area contributed by atoms with Crippen LogP contribution in [0.2, 0.25) is 0 Å². The number of nitrogens with one attached hydrogen (secondary N) is 1. The minimum atomic E-state index is 0. The molecule has 4 nitrogen and oxygen atoms in total. The lowest BCUT2D eigenvalue weighted by Gasteiger charge is -2.30. The Morgan fingerprint density at radius 1 is 1.09 bits per heavy atom. The lowest BCUT2D eigenvalue weighted by Crippen LogP contribution is -2.41. The summed E-state index contributed by atoms with van der Waals surface area (Å²) in [6, 6.07) is 0.567. The Kier molecular flexibility index (Phi) is 10.4. The largest absolute Gasteiger partial charge is 0.370 e. The highest BCUT2D eigenvalue weighted by atomic mass is 127. The topological polar surface area (TPSA) is 53.6 Å². The number of nitrogens with two attached hydrogens (primary N) is 1. The first kappa shape index (κ1) is 20.0. The third-order valence-corrected chi connectivity index (χ3v) is 5.00. The number of unbranched alkanes of at least 4 members (excludes halogenated alkanes) is 1. The standard InChI is InChI=1S/C17H34N4.HI/c1-15-9-13-21(14-10-15)12-6-5-11-19-17(18)20-16-7-3-2-4-8-16;/h15-16H,2-14H2,1H3,(H3,18,19,20);1H. The van der Waals surface area contributed by atoms with Crippen LogP contribution in [0, 0.1) is 5.92 Å². The summed E-state index contributed by atoms with van der Waals surface area (Å²) in [7, 11) is 0. The van der Waals surface area contributed by atoms with Crippen LogP contribution in [0.4, 0.5) is 0 Å². The predicted molar refractivity (Wildman–Crippen MR) is 106 cm³/mol. The fraction of sp³-hybridized carbons (Fsp3) is 0.941. The molecule has 0 unspecified atom stereocenters. The van der Waals surface area contributed by atoms with Gasteiger partial charge in [0.1, 0.15) is 0 Å². The van der Waals surface area contributed by atoms with E-state index in [4.69, 9.17) is 5.73 Å². The summed E-state index contributed by atoms with van der Waals surface area (Å²) in [4.78, 5) is 7.08. The maximum absolute atomic E-state index is 5.97. The van der Waals surface area contributed by atoms with E-state index in [1.807, 2.05) is 0 Å². The molecule has 2 fully saturated rings. The van der Waals surface area contributed by atoms with E-state index in [0.717, 1.165) is 18.9 Å². The van der Waals surface area contributed by atoms with Crippen molar-refractivity contribution in [1.82, 2.24) is 10.2 Å². The summed E-state index contributed by atoms with van der Waals surface area (Å²) in [6.45, 7) is 7.05. The van der Waals surface area contributed by atoms with Gasteiger partial charge in [0.2, 0.25) is 0 Å². The van der Waals surface area contributed by atoms with E-state index in [9.17, 15) is 0 Å². The monoisotopic (exact) mass is 422 g/mol. The van der Waals surface area contributed by atoms with E-state index in [2.05, 4.69) is 22.1 Å². The number of nitrogens with zero attached hydrogens (tertiary/aromatic N) is 2. The fourth-order valence-electron chi connectivity index (χ4n) is 3.43. The van der Waals surface area contributed by atoms with Gasteiger partial charge in [-0.25, -0.2) is 0 Å². The molecule has 1 heterocycles. The maximum Gasteiger partial charge on any atom is 0.188 e. The molecule has 1 saturated carbocycles. The zero-order valence-electron chi connectivity index (χ0n) is 14.2. The molecule has 0 atom stereocenters. The maximum atomic E-state index is 5.97. The van der Waals surface area contributed by atoms with Gasteiger partial charge in [-0.3, -0.25) is 4.99 Å². The molecular weight excluding hydrogens is 387 g/mol. The van der Waals surface area contributed by atoms with Crippen molar-refractivity contribution in [3.63, 3.8) is 0 Å². The highest BCUT2D eigenvalue weighted by molar-refractivity contribution is 14.0. The zero-order valence-corrected chi connectivity index (χ0v) is 16.6. The highest BCUT2D eigenvalue weighted by Crippen LogP contribution is 2.17. The van der Waals surface area contributed by atoms with Gasteiger partial charge in [-0.1, -0.05) is 26.2 Å². The van der Waals surface area contributed by atoms with Gasteiger partial charge in [0, 0.05) is 12.6 Å². The van der Waals surface area contributed by atoms with Gasteiger partial charge in [-0.2, -0.15) is 0 Å². The van der Waals surface area contributed by atoms with Crippen LogP contribution in [0.5, 0.6) is 0 Å². The Balaban J connectivity index is 0.00000242. The summed E-state index contributed by atoms with van der Waals surface area (Å²) in [5.74, 6) is 1.59. The second-order valence-electron chi connectivity index (χ2n) is 6.98. The van der Waals surface area contributed by atoms with E-state index in [1.54, 1.807) is 0 Å². The van der Waals surface area contributed by atoms with Crippen molar-refractivity contribution in [3.05, 3.63) is 0 Å². The Morgan fingerprint density at radius 2 is 1.77 bits per heavy atom. The second-order valence-corrected chi connectivity index (χ2v) is 6.98. The third-order valence-electron chi connectivity index (χ3n) is 5.00. The second kappa shape index (κ2) is 11.5. The number of rotatable bonds is 6. The van der Waals surface area contributed by atoms with Gasteiger partial charge in [0.15, 0.2) is 5.96 Å². The minimum absolute atomic E-state index is 0. The van der Waals surface area contributed by atoms with Gasteiger partial charge in [-0.15, -0.1) is 24.0 Å². The first-order chi connectivity index (χ1) is 10.2. The minimum Gasteiger partial charge on any atom is -0.370 e. The number of hydrogen-bond acceptors (Lipinski definition) is 2. The molecule has 130 valence electrons. The van der Waals surface area contributed by atoms with Gasteiger partial charge >= 0.3 is 0 Å². The van der Waals surface area contributed by atoms with Crippen molar-refractivity contribution < 1.29 is 0 Å². The molecule has 1 saturated heterocycles. The van der Waals surface area contributed by atoms with E-state index in [1.165, 1.54) is 71.0 Å².